The van der Waals surface area contributed by atoms with E-state index in [1.165, 1.54) is 0 Å². The highest BCUT2D eigenvalue weighted by atomic mass is 79.9. The third-order valence-electron chi connectivity index (χ3n) is 3.34. The Hall–Kier alpha value is -1.65. The summed E-state index contributed by atoms with van der Waals surface area (Å²) in [6, 6.07) is 13.5. The Morgan fingerprint density at radius 3 is 2.67 bits per heavy atom. The van der Waals surface area contributed by atoms with Crippen LogP contribution in [-0.2, 0) is 6.42 Å². The van der Waals surface area contributed by atoms with E-state index in [0.717, 1.165) is 39.8 Å². The van der Waals surface area contributed by atoms with Gasteiger partial charge < -0.3 is 10.6 Å². The number of hydrogen-bond donors (Lipinski definition) is 2. The van der Waals surface area contributed by atoms with E-state index in [2.05, 4.69) is 26.6 Å². The average Bonchev–Trinajstić information content (AvgIpc) is 2.49. The molecule has 0 aliphatic rings. The molecule has 4 heteroatoms. The Morgan fingerprint density at radius 2 is 1.95 bits per heavy atom. The molecule has 2 aromatic carbocycles. The molecule has 0 atom stereocenters. The molecule has 2 rings (SSSR count). The summed E-state index contributed by atoms with van der Waals surface area (Å²) in [4.78, 5) is 12.4. The fourth-order valence-corrected chi connectivity index (χ4v) is 2.47. The Balaban J connectivity index is 2.18. The molecule has 0 aromatic heterocycles. The van der Waals surface area contributed by atoms with Gasteiger partial charge in [0.1, 0.15) is 0 Å². The van der Waals surface area contributed by atoms with E-state index in [-0.39, 0.29) is 5.91 Å². The molecule has 0 fully saturated rings. The topological polar surface area (TPSA) is 41.1 Å². The van der Waals surface area contributed by atoms with E-state index >= 15 is 0 Å². The van der Waals surface area contributed by atoms with Crippen molar-refractivity contribution in [1.29, 1.82) is 0 Å². The third-order valence-corrected chi connectivity index (χ3v) is 4.19. The van der Waals surface area contributed by atoms with Gasteiger partial charge in [0.2, 0.25) is 0 Å². The van der Waals surface area contributed by atoms with Gasteiger partial charge in [0.15, 0.2) is 0 Å². The van der Waals surface area contributed by atoms with Crippen molar-refractivity contribution in [3.63, 3.8) is 0 Å². The summed E-state index contributed by atoms with van der Waals surface area (Å²) in [7, 11) is 1.91. The molecule has 110 valence electrons. The fraction of sp³-hybridized carbons (Fsp3) is 0.235. The third kappa shape index (κ3) is 4.16. The summed E-state index contributed by atoms with van der Waals surface area (Å²) in [6.45, 7) is 2.86. The number of likely N-dealkylation sites (N-methyl/N-ethyl adjacent to an activating group) is 1. The number of rotatable bonds is 5. The van der Waals surface area contributed by atoms with Crippen LogP contribution in [0.2, 0.25) is 0 Å². The molecule has 0 saturated heterocycles. The molecule has 0 aliphatic carbocycles. The van der Waals surface area contributed by atoms with Crippen molar-refractivity contribution in [2.75, 3.05) is 18.9 Å². The Morgan fingerprint density at radius 1 is 1.19 bits per heavy atom. The maximum absolute atomic E-state index is 12.4. The first-order valence-electron chi connectivity index (χ1n) is 6.92. The minimum absolute atomic E-state index is 0.0718. The summed E-state index contributed by atoms with van der Waals surface area (Å²) in [5, 5.41) is 6.06. The quantitative estimate of drug-likeness (QED) is 0.865. The second-order valence-corrected chi connectivity index (χ2v) is 5.78. The summed E-state index contributed by atoms with van der Waals surface area (Å²) in [5.74, 6) is -0.0718. The first kappa shape index (κ1) is 15.7. The van der Waals surface area contributed by atoms with Gasteiger partial charge in [-0.25, -0.2) is 0 Å². The van der Waals surface area contributed by atoms with Gasteiger partial charge in [-0.1, -0.05) is 40.2 Å². The van der Waals surface area contributed by atoms with Gasteiger partial charge in [0.25, 0.3) is 5.91 Å². The van der Waals surface area contributed by atoms with E-state index in [9.17, 15) is 4.79 Å². The molecule has 0 unspecified atom stereocenters. The smallest absolute Gasteiger partial charge is 0.255 e. The molecule has 0 saturated carbocycles. The van der Waals surface area contributed by atoms with Crippen LogP contribution in [0.4, 0.5) is 5.69 Å². The van der Waals surface area contributed by atoms with E-state index in [1.54, 1.807) is 0 Å². The zero-order chi connectivity index (χ0) is 15.2. The van der Waals surface area contributed by atoms with Crippen LogP contribution in [0.1, 0.15) is 21.5 Å². The molecule has 2 N–H and O–H groups in total. The highest BCUT2D eigenvalue weighted by molar-refractivity contribution is 9.10. The van der Waals surface area contributed by atoms with Crippen LogP contribution < -0.4 is 10.6 Å². The van der Waals surface area contributed by atoms with Crippen molar-refractivity contribution in [3.05, 3.63) is 63.6 Å². The molecule has 2 aromatic rings. The maximum Gasteiger partial charge on any atom is 0.255 e. The molecule has 0 radical (unpaired) electrons. The standard InChI is InChI=1S/C17H19BrN2O/c1-12-7-8-14(11-16(12)18)20-17(21)15-6-4-3-5-13(15)9-10-19-2/h3-8,11,19H,9-10H2,1-2H3,(H,20,21). The lowest BCUT2D eigenvalue weighted by molar-refractivity contribution is 0.102. The predicted octanol–water partition coefficient (Wildman–Crippen LogP) is 3.77. The molecule has 21 heavy (non-hydrogen) atoms. The molecule has 1 amide bonds. The van der Waals surface area contributed by atoms with Gasteiger partial charge in [-0.3, -0.25) is 4.79 Å². The number of benzene rings is 2. The number of carbonyl (C=O) groups excluding carboxylic acids is 1. The number of nitrogens with one attached hydrogen (secondary N) is 2. The van der Waals surface area contributed by atoms with Gasteiger partial charge >= 0.3 is 0 Å². The summed E-state index contributed by atoms with van der Waals surface area (Å²) >= 11 is 3.48. The monoisotopic (exact) mass is 346 g/mol. The number of anilines is 1. The molecule has 0 aliphatic heterocycles. The lowest BCUT2D eigenvalue weighted by Gasteiger charge is -2.11. The van der Waals surface area contributed by atoms with Gasteiger partial charge in [0, 0.05) is 15.7 Å². The number of hydrogen-bond acceptors (Lipinski definition) is 2. The fourth-order valence-electron chi connectivity index (χ4n) is 2.09. The zero-order valence-corrected chi connectivity index (χ0v) is 13.8. The van der Waals surface area contributed by atoms with Crippen LogP contribution in [0, 0.1) is 6.92 Å². The van der Waals surface area contributed by atoms with E-state index < -0.39 is 0 Å². The van der Waals surface area contributed by atoms with Crippen molar-refractivity contribution >= 4 is 27.5 Å². The molecule has 0 spiro atoms. The van der Waals surface area contributed by atoms with Crippen molar-refractivity contribution in [2.45, 2.75) is 13.3 Å². The SMILES string of the molecule is CNCCc1ccccc1C(=O)Nc1ccc(C)c(Br)c1. The Labute approximate surface area is 133 Å². The van der Waals surface area contributed by atoms with E-state index in [0.29, 0.717) is 0 Å². The van der Waals surface area contributed by atoms with Crippen LogP contribution in [-0.4, -0.2) is 19.5 Å². The van der Waals surface area contributed by atoms with Gasteiger partial charge in [-0.2, -0.15) is 0 Å². The average molecular weight is 347 g/mol. The first-order valence-corrected chi connectivity index (χ1v) is 7.71. The second kappa shape index (κ2) is 7.38. The number of aryl methyl sites for hydroxylation is 1. The predicted molar refractivity (Wildman–Crippen MR) is 90.9 cm³/mol. The highest BCUT2D eigenvalue weighted by Crippen LogP contribution is 2.21. The van der Waals surface area contributed by atoms with E-state index in [4.69, 9.17) is 0 Å². The minimum atomic E-state index is -0.0718. The van der Waals surface area contributed by atoms with Crippen molar-refractivity contribution in [2.24, 2.45) is 0 Å². The maximum atomic E-state index is 12.4. The van der Waals surface area contributed by atoms with Crippen molar-refractivity contribution in [3.8, 4) is 0 Å². The Kier molecular flexibility index (Phi) is 5.53. The van der Waals surface area contributed by atoms with Crippen LogP contribution in [0.3, 0.4) is 0 Å². The molecular formula is C17H19BrN2O. The number of amides is 1. The van der Waals surface area contributed by atoms with Crippen LogP contribution in [0.15, 0.2) is 46.9 Å². The summed E-state index contributed by atoms with van der Waals surface area (Å²) < 4.78 is 0.990. The number of carbonyl (C=O) groups is 1. The van der Waals surface area contributed by atoms with Gasteiger partial charge in [0.05, 0.1) is 0 Å². The molecule has 3 nitrogen and oxygen atoms in total. The molecule has 0 bridgehead atoms. The number of halogens is 1. The minimum Gasteiger partial charge on any atom is -0.322 e. The van der Waals surface area contributed by atoms with Crippen molar-refractivity contribution < 1.29 is 4.79 Å². The summed E-state index contributed by atoms with van der Waals surface area (Å²) in [6.07, 6.45) is 0.831. The van der Waals surface area contributed by atoms with Crippen LogP contribution >= 0.6 is 15.9 Å². The van der Waals surface area contributed by atoms with E-state index in [1.807, 2.05) is 56.4 Å². The zero-order valence-electron chi connectivity index (χ0n) is 12.2. The lowest BCUT2D eigenvalue weighted by Crippen LogP contribution is -2.17. The van der Waals surface area contributed by atoms with Gasteiger partial charge in [-0.15, -0.1) is 0 Å². The molecular weight excluding hydrogens is 328 g/mol. The second-order valence-electron chi connectivity index (χ2n) is 4.93. The Bertz CT molecular complexity index is 640. The summed E-state index contributed by atoms with van der Waals surface area (Å²) in [5.41, 5.74) is 3.71. The molecule has 0 heterocycles. The normalized spacial score (nSPS) is 10.4. The van der Waals surface area contributed by atoms with Gasteiger partial charge in [-0.05, 0) is 56.3 Å². The largest absolute Gasteiger partial charge is 0.322 e. The highest BCUT2D eigenvalue weighted by Gasteiger charge is 2.11. The van der Waals surface area contributed by atoms with Crippen molar-refractivity contribution in [1.82, 2.24) is 5.32 Å². The van der Waals surface area contributed by atoms with Crippen LogP contribution in [0.25, 0.3) is 0 Å². The lowest BCUT2D eigenvalue weighted by atomic mass is 10.0. The first-order chi connectivity index (χ1) is 10.1. The van der Waals surface area contributed by atoms with Crippen LogP contribution in [0.5, 0.6) is 0 Å².